The van der Waals surface area contributed by atoms with E-state index in [2.05, 4.69) is 10.0 Å². The zero-order chi connectivity index (χ0) is 21.1. The topological polar surface area (TPSA) is 124 Å². The van der Waals surface area contributed by atoms with Gasteiger partial charge in [0.15, 0.2) is 6.61 Å². The van der Waals surface area contributed by atoms with Gasteiger partial charge in [-0.05, 0) is 35.9 Å². The Balaban J connectivity index is 1.83. The Morgan fingerprint density at radius 2 is 1.93 bits per heavy atom. The number of amides is 1. The number of nitrogens with one attached hydrogen (secondary N) is 2. The molecule has 10 heteroatoms. The second-order valence-electron chi connectivity index (χ2n) is 5.76. The van der Waals surface area contributed by atoms with Crippen molar-refractivity contribution in [2.45, 2.75) is 11.4 Å². The molecule has 29 heavy (non-hydrogen) atoms. The van der Waals surface area contributed by atoms with Gasteiger partial charge < -0.3 is 19.2 Å². The number of carbonyl (C=O) groups excluding carboxylic acids is 2. The summed E-state index contributed by atoms with van der Waals surface area (Å²) in [4.78, 5) is 23.1. The number of carbonyl (C=O) groups is 2. The molecule has 2 N–H and O–H groups in total. The van der Waals surface area contributed by atoms with Crippen molar-refractivity contribution in [2.24, 2.45) is 0 Å². The maximum absolute atomic E-state index is 12.3. The van der Waals surface area contributed by atoms with Gasteiger partial charge in [-0.1, -0.05) is 12.1 Å². The molecule has 1 heterocycles. The van der Waals surface area contributed by atoms with Crippen LogP contribution in [-0.2, 0) is 35.6 Å². The molecule has 0 bridgehead atoms. The Bertz CT molecular complexity index is 920. The number of hydrogen-bond donors (Lipinski definition) is 2. The van der Waals surface area contributed by atoms with Crippen molar-refractivity contribution in [2.75, 3.05) is 26.9 Å². The summed E-state index contributed by atoms with van der Waals surface area (Å²) in [5.41, 5.74) is 0.594. The van der Waals surface area contributed by atoms with Gasteiger partial charge in [-0.25, -0.2) is 17.9 Å². The Morgan fingerprint density at radius 1 is 1.17 bits per heavy atom. The smallest absolute Gasteiger partial charge is 0.331 e. The van der Waals surface area contributed by atoms with E-state index in [4.69, 9.17) is 13.9 Å². The van der Waals surface area contributed by atoms with E-state index in [-0.39, 0.29) is 11.4 Å². The van der Waals surface area contributed by atoms with Gasteiger partial charge in [-0.2, -0.15) is 0 Å². The third-order valence-corrected chi connectivity index (χ3v) is 5.01. The third kappa shape index (κ3) is 7.90. The quantitative estimate of drug-likeness (QED) is 0.315. The number of benzene rings is 1. The van der Waals surface area contributed by atoms with Crippen LogP contribution in [0.2, 0.25) is 0 Å². The van der Waals surface area contributed by atoms with Crippen LogP contribution in [0, 0.1) is 0 Å². The molecule has 1 amide bonds. The van der Waals surface area contributed by atoms with E-state index in [1.165, 1.54) is 31.6 Å². The predicted molar refractivity (Wildman–Crippen MR) is 104 cm³/mol. The van der Waals surface area contributed by atoms with Gasteiger partial charge >= 0.3 is 5.97 Å². The van der Waals surface area contributed by atoms with E-state index in [9.17, 15) is 18.0 Å². The highest BCUT2D eigenvalue weighted by Gasteiger charge is 2.14. The highest BCUT2D eigenvalue weighted by atomic mass is 32.2. The molecule has 2 aromatic rings. The highest BCUT2D eigenvalue weighted by molar-refractivity contribution is 7.89. The first-order valence-corrected chi connectivity index (χ1v) is 10.1. The van der Waals surface area contributed by atoms with Gasteiger partial charge in [0.1, 0.15) is 5.76 Å². The summed E-state index contributed by atoms with van der Waals surface area (Å²) < 4.78 is 41.6. The van der Waals surface area contributed by atoms with Crippen molar-refractivity contribution in [3.8, 4) is 0 Å². The molecule has 0 saturated heterocycles. The molecule has 0 saturated carbocycles. The maximum atomic E-state index is 12.3. The van der Waals surface area contributed by atoms with Gasteiger partial charge in [0.25, 0.3) is 5.91 Å². The van der Waals surface area contributed by atoms with E-state index in [0.29, 0.717) is 24.5 Å². The number of rotatable bonds is 11. The van der Waals surface area contributed by atoms with E-state index in [0.717, 1.165) is 6.08 Å². The monoisotopic (exact) mass is 422 g/mol. The zero-order valence-electron chi connectivity index (χ0n) is 15.8. The molecular formula is C19H22N2O7S. The molecule has 156 valence electrons. The minimum atomic E-state index is -3.69. The Kier molecular flexibility index (Phi) is 8.59. The number of sulfonamides is 1. The van der Waals surface area contributed by atoms with Crippen LogP contribution >= 0.6 is 0 Å². The van der Waals surface area contributed by atoms with Gasteiger partial charge in [0, 0.05) is 19.7 Å². The summed E-state index contributed by atoms with van der Waals surface area (Å²) in [5.74, 6) is -0.622. The second kappa shape index (κ2) is 11.1. The van der Waals surface area contributed by atoms with Crippen molar-refractivity contribution < 1.29 is 31.9 Å². The first-order valence-electron chi connectivity index (χ1n) is 8.63. The molecule has 0 unspecified atom stereocenters. The fourth-order valence-corrected chi connectivity index (χ4v) is 3.11. The van der Waals surface area contributed by atoms with Crippen LogP contribution < -0.4 is 10.0 Å². The number of hydrogen-bond acceptors (Lipinski definition) is 7. The van der Waals surface area contributed by atoms with E-state index >= 15 is 0 Å². The molecule has 2 rings (SSSR count). The number of esters is 1. The molecule has 0 atom stereocenters. The Hall–Kier alpha value is -2.95. The van der Waals surface area contributed by atoms with Crippen molar-refractivity contribution in [1.29, 1.82) is 0 Å². The molecule has 0 aliphatic carbocycles. The molecule has 1 aromatic carbocycles. The van der Waals surface area contributed by atoms with Crippen molar-refractivity contribution >= 4 is 28.0 Å². The lowest BCUT2D eigenvalue weighted by molar-refractivity contribution is -0.143. The minimum Gasteiger partial charge on any atom is -0.468 e. The van der Waals surface area contributed by atoms with Crippen LogP contribution in [0.3, 0.4) is 0 Å². The lowest BCUT2D eigenvalue weighted by Gasteiger charge is -2.06. The Morgan fingerprint density at radius 3 is 2.59 bits per heavy atom. The molecule has 0 fully saturated rings. The summed E-state index contributed by atoms with van der Waals surface area (Å²) in [5, 5.41) is 2.52. The van der Waals surface area contributed by atoms with Crippen LogP contribution in [0.25, 0.3) is 6.08 Å². The molecule has 9 nitrogen and oxygen atoms in total. The lowest BCUT2D eigenvalue weighted by Crippen LogP contribution is -2.31. The fourth-order valence-electron chi connectivity index (χ4n) is 2.11. The summed E-state index contributed by atoms with van der Waals surface area (Å²) in [6, 6.07) is 9.26. The fraction of sp³-hybridized carbons (Fsp3) is 0.263. The normalized spacial score (nSPS) is 11.5. The van der Waals surface area contributed by atoms with Gasteiger partial charge in [0.05, 0.1) is 24.3 Å². The molecule has 0 aliphatic heterocycles. The van der Waals surface area contributed by atoms with Gasteiger partial charge in [-0.3, -0.25) is 4.79 Å². The SMILES string of the molecule is COCCNC(=O)COC(=O)/C=C/c1ccc(S(=O)(=O)NCc2ccco2)cc1. The first-order chi connectivity index (χ1) is 13.9. The van der Waals surface area contributed by atoms with Gasteiger partial charge in [-0.15, -0.1) is 0 Å². The maximum Gasteiger partial charge on any atom is 0.331 e. The molecule has 0 aliphatic rings. The zero-order valence-corrected chi connectivity index (χ0v) is 16.6. The van der Waals surface area contributed by atoms with Crippen LogP contribution in [0.5, 0.6) is 0 Å². The number of methoxy groups -OCH3 is 1. The molecule has 0 spiro atoms. The summed E-state index contributed by atoms with van der Waals surface area (Å²) in [6.45, 7) is 0.339. The summed E-state index contributed by atoms with van der Waals surface area (Å²) in [6.07, 6.45) is 4.07. The highest BCUT2D eigenvalue weighted by Crippen LogP contribution is 2.12. The van der Waals surface area contributed by atoms with E-state index in [1.807, 2.05) is 0 Å². The van der Waals surface area contributed by atoms with Crippen LogP contribution in [0.15, 0.2) is 58.1 Å². The molecule has 0 radical (unpaired) electrons. The van der Waals surface area contributed by atoms with Crippen molar-refractivity contribution in [1.82, 2.24) is 10.0 Å². The first kappa shape index (κ1) is 22.3. The Labute approximate surface area is 168 Å². The van der Waals surface area contributed by atoms with Crippen LogP contribution in [0.4, 0.5) is 0 Å². The average molecular weight is 422 g/mol. The largest absolute Gasteiger partial charge is 0.468 e. The van der Waals surface area contributed by atoms with Crippen molar-refractivity contribution in [3.05, 3.63) is 60.1 Å². The van der Waals surface area contributed by atoms with E-state index < -0.39 is 28.5 Å². The lowest BCUT2D eigenvalue weighted by atomic mass is 10.2. The summed E-state index contributed by atoms with van der Waals surface area (Å²) >= 11 is 0. The summed E-state index contributed by atoms with van der Waals surface area (Å²) in [7, 11) is -2.18. The molecular weight excluding hydrogens is 400 g/mol. The van der Waals surface area contributed by atoms with E-state index in [1.54, 1.807) is 24.3 Å². The standard InChI is InChI=1S/C19H22N2O7S/c1-26-12-10-20-18(22)14-28-19(23)9-6-15-4-7-17(8-5-15)29(24,25)21-13-16-3-2-11-27-16/h2-9,11,21H,10,12-14H2,1H3,(H,20,22)/b9-6+. The molecule has 1 aromatic heterocycles. The van der Waals surface area contributed by atoms with Crippen LogP contribution in [-0.4, -0.2) is 47.2 Å². The second-order valence-corrected chi connectivity index (χ2v) is 7.52. The van der Waals surface area contributed by atoms with Gasteiger partial charge in [0.2, 0.25) is 10.0 Å². The predicted octanol–water partition coefficient (Wildman–Crippen LogP) is 1.08. The van der Waals surface area contributed by atoms with Crippen molar-refractivity contribution in [3.63, 3.8) is 0 Å². The van der Waals surface area contributed by atoms with Crippen LogP contribution in [0.1, 0.15) is 11.3 Å². The minimum absolute atomic E-state index is 0.0435. The number of furan rings is 1. The number of ether oxygens (including phenoxy) is 2. The average Bonchev–Trinajstić information content (AvgIpc) is 3.23. The third-order valence-electron chi connectivity index (χ3n) is 3.59.